The number of anilines is 2. The first-order valence-corrected chi connectivity index (χ1v) is 11.7. The Morgan fingerprint density at radius 1 is 1.06 bits per heavy atom. The van der Waals surface area contributed by atoms with Crippen molar-refractivity contribution >= 4 is 51.9 Å². The number of ether oxygens (including phenoxy) is 2. The van der Waals surface area contributed by atoms with Crippen molar-refractivity contribution in [2.24, 2.45) is 0 Å². The molecule has 0 saturated carbocycles. The van der Waals surface area contributed by atoms with Gasteiger partial charge in [-0.2, -0.15) is 5.26 Å². The van der Waals surface area contributed by atoms with Gasteiger partial charge in [0.2, 0.25) is 0 Å². The standard InChI is InChI=1S/C27H24IN3O4/c1-17-8-7-11-23(18(17)2)31-27(33)20(15-29)12-19-13-22(28)26(24(14-19)34-3)35-16-25(32)30-21-9-5-4-6-10-21/h4-14H,16H2,1-3H3,(H,30,32)(H,31,33)/b20-12+. The molecule has 2 N–H and O–H groups in total. The van der Waals surface area contributed by atoms with Crippen molar-refractivity contribution in [3.63, 3.8) is 0 Å². The number of carbonyl (C=O) groups is 2. The number of nitrogens with one attached hydrogen (secondary N) is 2. The van der Waals surface area contributed by atoms with Gasteiger partial charge in [-0.25, -0.2) is 0 Å². The van der Waals surface area contributed by atoms with Crippen molar-refractivity contribution in [2.45, 2.75) is 13.8 Å². The summed E-state index contributed by atoms with van der Waals surface area (Å²) in [5.41, 5.74) is 3.83. The molecule has 8 heteroatoms. The second kappa shape index (κ2) is 12.0. The fourth-order valence-corrected chi connectivity index (χ4v) is 3.99. The first-order chi connectivity index (χ1) is 16.8. The molecule has 0 aliphatic rings. The van der Waals surface area contributed by atoms with E-state index in [0.29, 0.717) is 32.0 Å². The summed E-state index contributed by atoms with van der Waals surface area (Å²) < 4.78 is 11.8. The van der Waals surface area contributed by atoms with Crippen LogP contribution >= 0.6 is 22.6 Å². The van der Waals surface area contributed by atoms with Crippen molar-refractivity contribution in [3.8, 4) is 17.6 Å². The van der Waals surface area contributed by atoms with Gasteiger partial charge in [0.25, 0.3) is 11.8 Å². The Morgan fingerprint density at radius 3 is 2.49 bits per heavy atom. The van der Waals surface area contributed by atoms with E-state index in [1.165, 1.54) is 13.2 Å². The van der Waals surface area contributed by atoms with Gasteiger partial charge in [-0.3, -0.25) is 9.59 Å². The van der Waals surface area contributed by atoms with Crippen LogP contribution in [0.4, 0.5) is 11.4 Å². The first kappa shape index (κ1) is 25.8. The minimum atomic E-state index is -0.506. The number of hydrogen-bond acceptors (Lipinski definition) is 5. The number of amides is 2. The highest BCUT2D eigenvalue weighted by molar-refractivity contribution is 14.1. The van der Waals surface area contributed by atoms with Gasteiger partial charge in [0.05, 0.1) is 10.7 Å². The average molecular weight is 581 g/mol. The lowest BCUT2D eigenvalue weighted by Crippen LogP contribution is -2.20. The molecule has 0 aliphatic heterocycles. The van der Waals surface area contributed by atoms with Crippen LogP contribution in [-0.2, 0) is 9.59 Å². The van der Waals surface area contributed by atoms with Crippen LogP contribution in [0.2, 0.25) is 0 Å². The summed E-state index contributed by atoms with van der Waals surface area (Å²) in [6.45, 7) is 3.65. The molecule has 0 heterocycles. The second-order valence-corrected chi connectivity index (χ2v) is 8.77. The fourth-order valence-electron chi connectivity index (χ4n) is 3.21. The van der Waals surface area contributed by atoms with E-state index in [4.69, 9.17) is 9.47 Å². The van der Waals surface area contributed by atoms with Gasteiger partial charge >= 0.3 is 0 Å². The molecule has 0 saturated heterocycles. The number of para-hydroxylation sites is 1. The third kappa shape index (κ3) is 6.83. The van der Waals surface area contributed by atoms with Crippen LogP contribution in [0.15, 0.2) is 66.2 Å². The van der Waals surface area contributed by atoms with Crippen LogP contribution in [0.3, 0.4) is 0 Å². The molecule has 0 spiro atoms. The van der Waals surface area contributed by atoms with E-state index < -0.39 is 5.91 Å². The Morgan fingerprint density at radius 2 is 1.80 bits per heavy atom. The van der Waals surface area contributed by atoms with Crippen LogP contribution in [-0.4, -0.2) is 25.5 Å². The van der Waals surface area contributed by atoms with E-state index in [2.05, 4.69) is 33.2 Å². The molecule has 7 nitrogen and oxygen atoms in total. The normalized spacial score (nSPS) is 10.8. The number of halogens is 1. The second-order valence-electron chi connectivity index (χ2n) is 7.61. The lowest BCUT2D eigenvalue weighted by Gasteiger charge is -2.14. The minimum Gasteiger partial charge on any atom is -0.493 e. The van der Waals surface area contributed by atoms with Crippen LogP contribution in [0, 0.1) is 28.7 Å². The smallest absolute Gasteiger partial charge is 0.266 e. The third-order valence-corrected chi connectivity index (χ3v) is 5.99. The lowest BCUT2D eigenvalue weighted by molar-refractivity contribution is -0.118. The molecule has 0 aliphatic carbocycles. The molecule has 0 aromatic heterocycles. The summed E-state index contributed by atoms with van der Waals surface area (Å²) in [5.74, 6) is -0.0457. The van der Waals surface area contributed by atoms with Crippen LogP contribution in [0.25, 0.3) is 6.08 Å². The Kier molecular flexibility index (Phi) is 8.86. The largest absolute Gasteiger partial charge is 0.493 e. The highest BCUT2D eigenvalue weighted by Crippen LogP contribution is 2.34. The van der Waals surface area contributed by atoms with Gasteiger partial charge in [0.15, 0.2) is 18.1 Å². The summed E-state index contributed by atoms with van der Waals surface area (Å²) in [5, 5.41) is 15.1. The number of carbonyl (C=O) groups excluding carboxylic acids is 2. The van der Waals surface area contributed by atoms with Gasteiger partial charge in [-0.1, -0.05) is 30.3 Å². The van der Waals surface area contributed by atoms with Crippen LogP contribution in [0.5, 0.6) is 11.5 Å². The molecule has 35 heavy (non-hydrogen) atoms. The van der Waals surface area contributed by atoms with E-state index in [9.17, 15) is 14.9 Å². The molecule has 0 radical (unpaired) electrons. The minimum absolute atomic E-state index is 0.0559. The number of methoxy groups -OCH3 is 1. The zero-order valence-electron chi connectivity index (χ0n) is 19.5. The van der Waals surface area contributed by atoms with Crippen molar-refractivity contribution in [1.29, 1.82) is 5.26 Å². The summed E-state index contributed by atoms with van der Waals surface area (Å²) in [6, 6.07) is 20.0. The Balaban J connectivity index is 1.76. The van der Waals surface area contributed by atoms with E-state index in [1.54, 1.807) is 30.3 Å². The zero-order valence-corrected chi connectivity index (χ0v) is 21.7. The summed E-state index contributed by atoms with van der Waals surface area (Å²) in [7, 11) is 1.48. The number of benzene rings is 3. The van der Waals surface area contributed by atoms with Gasteiger partial charge in [-0.05, 0) is 89.5 Å². The van der Waals surface area contributed by atoms with Crippen molar-refractivity contribution in [1.82, 2.24) is 0 Å². The summed E-state index contributed by atoms with van der Waals surface area (Å²) >= 11 is 2.06. The molecule has 3 rings (SSSR count). The number of aryl methyl sites for hydroxylation is 1. The molecular formula is C27H24IN3O4. The van der Waals surface area contributed by atoms with Gasteiger partial charge in [-0.15, -0.1) is 0 Å². The fraction of sp³-hybridized carbons (Fsp3) is 0.148. The molecule has 3 aromatic carbocycles. The molecule has 0 fully saturated rings. The monoisotopic (exact) mass is 581 g/mol. The SMILES string of the molecule is COc1cc(/C=C(\C#N)C(=O)Nc2cccc(C)c2C)cc(I)c1OCC(=O)Nc1ccccc1. The summed E-state index contributed by atoms with van der Waals surface area (Å²) in [6.07, 6.45) is 1.48. The maximum Gasteiger partial charge on any atom is 0.266 e. The van der Waals surface area contributed by atoms with Crippen LogP contribution < -0.4 is 20.1 Å². The van der Waals surface area contributed by atoms with E-state index in [1.807, 2.05) is 50.2 Å². The van der Waals surface area contributed by atoms with Gasteiger partial charge in [0, 0.05) is 11.4 Å². The molecule has 2 amide bonds. The zero-order chi connectivity index (χ0) is 25.4. The quantitative estimate of drug-likeness (QED) is 0.209. The molecule has 0 bridgehead atoms. The van der Waals surface area contributed by atoms with Crippen molar-refractivity contribution in [3.05, 3.63) is 86.5 Å². The van der Waals surface area contributed by atoms with Crippen LogP contribution in [0.1, 0.15) is 16.7 Å². The highest BCUT2D eigenvalue weighted by Gasteiger charge is 2.16. The Labute approximate surface area is 217 Å². The Bertz CT molecular complexity index is 1310. The molecule has 178 valence electrons. The highest BCUT2D eigenvalue weighted by atomic mass is 127. The predicted molar refractivity (Wildman–Crippen MR) is 144 cm³/mol. The maximum atomic E-state index is 12.7. The van der Waals surface area contributed by atoms with Crippen molar-refractivity contribution < 1.29 is 19.1 Å². The van der Waals surface area contributed by atoms with Crippen molar-refractivity contribution in [2.75, 3.05) is 24.4 Å². The molecule has 3 aromatic rings. The lowest BCUT2D eigenvalue weighted by atomic mass is 10.1. The number of rotatable bonds is 8. The summed E-state index contributed by atoms with van der Waals surface area (Å²) in [4.78, 5) is 25.0. The Hall–Kier alpha value is -3.84. The molecule has 0 unspecified atom stereocenters. The molecular weight excluding hydrogens is 557 g/mol. The third-order valence-electron chi connectivity index (χ3n) is 5.19. The van der Waals surface area contributed by atoms with E-state index in [-0.39, 0.29) is 18.1 Å². The topological polar surface area (TPSA) is 100 Å². The predicted octanol–water partition coefficient (Wildman–Crippen LogP) is 5.48. The number of hydrogen-bond donors (Lipinski definition) is 2. The average Bonchev–Trinajstić information content (AvgIpc) is 2.84. The van der Waals surface area contributed by atoms with Gasteiger partial charge < -0.3 is 20.1 Å². The number of nitriles is 1. The maximum absolute atomic E-state index is 12.7. The van der Waals surface area contributed by atoms with Gasteiger partial charge in [0.1, 0.15) is 11.6 Å². The van der Waals surface area contributed by atoms with E-state index in [0.717, 1.165) is 11.1 Å². The molecule has 0 atom stereocenters. The van der Waals surface area contributed by atoms with E-state index >= 15 is 0 Å². The number of nitrogens with zero attached hydrogens (tertiary/aromatic N) is 1. The first-order valence-electron chi connectivity index (χ1n) is 10.7.